The zero-order valence-electron chi connectivity index (χ0n) is 11.7. The molecule has 0 heterocycles. The van der Waals surface area contributed by atoms with Crippen LogP contribution in [0.2, 0.25) is 0 Å². The van der Waals surface area contributed by atoms with Gasteiger partial charge in [0.1, 0.15) is 24.4 Å². The van der Waals surface area contributed by atoms with E-state index in [9.17, 15) is 28.8 Å². The molecule has 0 saturated heterocycles. The summed E-state index contributed by atoms with van der Waals surface area (Å²) < 4.78 is 8.70. The van der Waals surface area contributed by atoms with Crippen LogP contribution in [0.1, 0.15) is 26.7 Å². The number of ether oxygens (including phenoxy) is 2. The van der Waals surface area contributed by atoms with Gasteiger partial charge in [0.25, 0.3) is 0 Å². The van der Waals surface area contributed by atoms with Crippen molar-refractivity contribution in [3.05, 3.63) is 0 Å². The van der Waals surface area contributed by atoms with Crippen molar-refractivity contribution in [2.75, 3.05) is 0 Å². The summed E-state index contributed by atoms with van der Waals surface area (Å²) >= 11 is 0. The molecule has 10 nitrogen and oxygen atoms in total. The van der Waals surface area contributed by atoms with Gasteiger partial charge in [0, 0.05) is 0 Å². The second-order valence-corrected chi connectivity index (χ2v) is 4.25. The molecule has 0 aliphatic rings. The van der Waals surface area contributed by atoms with Crippen LogP contribution in [-0.2, 0) is 38.2 Å². The Bertz CT molecular complexity index is 460. The lowest BCUT2D eigenvalue weighted by Crippen LogP contribution is -2.46. The molecule has 22 heavy (non-hydrogen) atoms. The van der Waals surface area contributed by atoms with Gasteiger partial charge in [-0.25, -0.2) is 9.59 Å². The summed E-state index contributed by atoms with van der Waals surface area (Å²) in [6.07, 6.45) is -6.23. The number of hydrogen-bond donors (Lipinski definition) is 2. The first-order valence-corrected chi connectivity index (χ1v) is 5.88. The fourth-order valence-corrected chi connectivity index (χ4v) is 1.26. The van der Waals surface area contributed by atoms with E-state index in [0.717, 1.165) is 13.8 Å². The Hall–Kier alpha value is -2.78. The molecule has 2 atom stereocenters. The van der Waals surface area contributed by atoms with E-state index in [-0.39, 0.29) is 0 Å². The first kappa shape index (κ1) is 19.2. The van der Waals surface area contributed by atoms with Crippen molar-refractivity contribution < 1.29 is 48.5 Å². The molecule has 0 aromatic carbocycles. The molecule has 10 heteroatoms. The summed E-state index contributed by atoms with van der Waals surface area (Å²) in [5.41, 5.74) is 0. The molecule has 0 aliphatic heterocycles. The number of esters is 2. The molecule has 0 unspecified atom stereocenters. The van der Waals surface area contributed by atoms with E-state index in [2.05, 4.69) is 9.47 Å². The van der Waals surface area contributed by atoms with Crippen LogP contribution >= 0.6 is 0 Å². The van der Waals surface area contributed by atoms with Crippen molar-refractivity contribution in [3.8, 4) is 0 Å². The van der Waals surface area contributed by atoms with Crippen LogP contribution in [0, 0.1) is 0 Å². The van der Waals surface area contributed by atoms with Gasteiger partial charge in [-0.15, -0.1) is 0 Å². The van der Waals surface area contributed by atoms with Gasteiger partial charge >= 0.3 is 23.9 Å². The molecule has 122 valence electrons. The highest BCUT2D eigenvalue weighted by Gasteiger charge is 2.40. The average Bonchev–Trinajstić information content (AvgIpc) is 2.30. The number of carboxylic acid groups (broad SMARTS) is 2. The number of hydrogen-bond acceptors (Lipinski definition) is 8. The van der Waals surface area contributed by atoms with Crippen LogP contribution < -0.4 is 0 Å². The summed E-state index contributed by atoms with van der Waals surface area (Å²) in [5.74, 6) is -7.61. The van der Waals surface area contributed by atoms with E-state index < -0.39 is 60.5 Å². The molecule has 0 saturated carbocycles. The third kappa shape index (κ3) is 7.12. The average molecular weight is 318 g/mol. The molecule has 0 aromatic heterocycles. The van der Waals surface area contributed by atoms with Gasteiger partial charge in [-0.05, 0) is 13.8 Å². The first-order chi connectivity index (χ1) is 10.0. The lowest BCUT2D eigenvalue weighted by atomic mass is 10.2. The molecule has 0 spiro atoms. The molecule has 0 aliphatic carbocycles. The molecule has 0 fully saturated rings. The predicted molar refractivity (Wildman–Crippen MR) is 65.6 cm³/mol. The van der Waals surface area contributed by atoms with Gasteiger partial charge in [0.05, 0.1) is 0 Å². The predicted octanol–water partition coefficient (Wildman–Crippen LogP) is -1.06. The smallest absolute Gasteiger partial charge is 0.349 e. The van der Waals surface area contributed by atoms with E-state index in [1.165, 1.54) is 0 Å². The first-order valence-electron chi connectivity index (χ1n) is 5.88. The maximum Gasteiger partial charge on any atom is 0.349 e. The highest BCUT2D eigenvalue weighted by molar-refractivity contribution is 5.97. The number of carbonyl (C=O) groups is 6. The SMILES string of the molecule is CC(=O)CC(=O)O[C@H](C(=O)O)[C@H](OC(=O)CC(C)=O)C(=O)O. The van der Waals surface area contributed by atoms with Gasteiger partial charge in [-0.2, -0.15) is 0 Å². The fraction of sp³-hybridized carbons (Fsp3) is 0.500. The van der Waals surface area contributed by atoms with Crippen molar-refractivity contribution in [1.29, 1.82) is 0 Å². The number of Topliss-reactive ketones (excluding diaryl/α,β-unsaturated/α-hetero) is 2. The Labute approximate surface area is 124 Å². The quantitative estimate of drug-likeness (QED) is 0.395. The normalized spacial score (nSPS) is 12.6. The van der Waals surface area contributed by atoms with E-state index in [0.29, 0.717) is 0 Å². The standard InChI is InChI=1S/C12H14O10/c1-5(13)3-7(15)21-9(11(17)18)10(12(19)20)22-8(16)4-6(2)14/h9-10H,3-4H2,1-2H3,(H,17,18)(H,19,20)/t9-,10-/m0/s1. The zero-order chi connectivity index (χ0) is 17.4. The van der Waals surface area contributed by atoms with Crippen LogP contribution in [0.15, 0.2) is 0 Å². The largest absolute Gasteiger partial charge is 0.478 e. The third-order valence-electron chi connectivity index (χ3n) is 2.07. The number of aliphatic carboxylic acids is 2. The van der Waals surface area contributed by atoms with E-state index in [4.69, 9.17) is 10.2 Å². The molecule has 0 amide bonds. The molecule has 0 rings (SSSR count). The Morgan fingerprint density at radius 1 is 0.727 bits per heavy atom. The fourth-order valence-electron chi connectivity index (χ4n) is 1.26. The molecule has 0 bridgehead atoms. The molecular weight excluding hydrogens is 304 g/mol. The second-order valence-electron chi connectivity index (χ2n) is 4.25. The summed E-state index contributed by atoms with van der Waals surface area (Å²) in [4.78, 5) is 65.9. The minimum Gasteiger partial charge on any atom is -0.478 e. The molecule has 0 aromatic rings. The summed E-state index contributed by atoms with van der Waals surface area (Å²) in [6, 6.07) is 0. The monoisotopic (exact) mass is 318 g/mol. The Morgan fingerprint density at radius 2 is 1.00 bits per heavy atom. The maximum atomic E-state index is 11.3. The Kier molecular flexibility index (Phi) is 7.42. The lowest BCUT2D eigenvalue weighted by molar-refractivity contribution is -0.187. The van der Waals surface area contributed by atoms with Crippen LogP contribution in [0.4, 0.5) is 0 Å². The van der Waals surface area contributed by atoms with Crippen LogP contribution in [0.25, 0.3) is 0 Å². The van der Waals surface area contributed by atoms with Gasteiger partial charge < -0.3 is 19.7 Å². The van der Waals surface area contributed by atoms with Gasteiger partial charge in [-0.3, -0.25) is 19.2 Å². The van der Waals surface area contributed by atoms with Crippen molar-refractivity contribution >= 4 is 35.4 Å². The lowest BCUT2D eigenvalue weighted by Gasteiger charge is -2.20. The Balaban J connectivity index is 5.11. The highest BCUT2D eigenvalue weighted by Crippen LogP contribution is 2.09. The van der Waals surface area contributed by atoms with Crippen molar-refractivity contribution in [2.45, 2.75) is 38.9 Å². The van der Waals surface area contributed by atoms with Gasteiger partial charge in [0.15, 0.2) is 0 Å². The Morgan fingerprint density at radius 3 is 1.18 bits per heavy atom. The summed E-state index contributed by atoms with van der Waals surface area (Å²) in [5, 5.41) is 17.8. The summed E-state index contributed by atoms with van der Waals surface area (Å²) in [6.45, 7) is 2.08. The van der Waals surface area contributed by atoms with E-state index >= 15 is 0 Å². The van der Waals surface area contributed by atoms with Crippen molar-refractivity contribution in [3.63, 3.8) is 0 Å². The van der Waals surface area contributed by atoms with Gasteiger partial charge in [0.2, 0.25) is 12.2 Å². The molecule has 0 radical (unpaired) electrons. The van der Waals surface area contributed by atoms with Crippen LogP contribution in [-0.4, -0.2) is 57.9 Å². The minimum atomic E-state index is -2.35. The molecular formula is C12H14O10. The minimum absolute atomic E-state index is 0.630. The van der Waals surface area contributed by atoms with E-state index in [1.54, 1.807) is 0 Å². The highest BCUT2D eigenvalue weighted by atomic mass is 16.6. The number of rotatable bonds is 9. The van der Waals surface area contributed by atoms with Crippen LogP contribution in [0.3, 0.4) is 0 Å². The van der Waals surface area contributed by atoms with Crippen LogP contribution in [0.5, 0.6) is 0 Å². The van der Waals surface area contributed by atoms with Gasteiger partial charge in [-0.1, -0.05) is 0 Å². The second kappa shape index (κ2) is 8.49. The van der Waals surface area contributed by atoms with Crippen molar-refractivity contribution in [2.24, 2.45) is 0 Å². The topological polar surface area (TPSA) is 161 Å². The number of carbonyl (C=O) groups excluding carboxylic acids is 4. The third-order valence-corrected chi connectivity index (χ3v) is 2.07. The number of carboxylic acids is 2. The van der Waals surface area contributed by atoms with E-state index in [1.807, 2.05) is 0 Å². The number of ketones is 2. The van der Waals surface area contributed by atoms with Crippen molar-refractivity contribution in [1.82, 2.24) is 0 Å². The molecule has 2 N–H and O–H groups in total. The maximum absolute atomic E-state index is 11.3. The summed E-state index contributed by atoms with van der Waals surface area (Å²) in [7, 11) is 0. The zero-order valence-corrected chi connectivity index (χ0v) is 11.7.